The summed E-state index contributed by atoms with van der Waals surface area (Å²) in [5.74, 6) is 0. The van der Waals surface area contributed by atoms with Crippen molar-refractivity contribution < 1.29 is 4.57 Å². The normalized spacial score (nSPS) is 11.6. The third-order valence-electron chi connectivity index (χ3n) is 11.2. The van der Waals surface area contributed by atoms with Crippen molar-refractivity contribution in [1.29, 1.82) is 0 Å². The van der Waals surface area contributed by atoms with Gasteiger partial charge in [-0.15, -0.1) is 0 Å². The van der Waals surface area contributed by atoms with E-state index in [4.69, 9.17) is 0 Å². The third-order valence-corrected chi connectivity index (χ3v) is 11.2. The van der Waals surface area contributed by atoms with Crippen molar-refractivity contribution in [3.05, 3.63) is 29.6 Å². The Bertz CT molecular complexity index is 714. The number of hydrogen-bond acceptors (Lipinski definition) is 0. The Hall–Kier alpha value is -0.850. The predicted octanol–water partition coefficient (Wildman–Crippen LogP) is 16.6. The Morgan fingerprint density at radius 3 is 0.776 bits per heavy atom. The van der Waals surface area contributed by atoms with E-state index in [0.717, 1.165) is 0 Å². The molecule has 0 aromatic carbocycles. The summed E-state index contributed by atoms with van der Waals surface area (Å²) in [6.07, 6.45) is 60.8. The Morgan fingerprint density at radius 1 is 0.286 bits per heavy atom. The van der Waals surface area contributed by atoms with Crippen molar-refractivity contribution >= 4 is 0 Å². The number of aryl methyl sites for hydroxylation is 3. The van der Waals surface area contributed by atoms with Gasteiger partial charge in [0.05, 0.1) is 0 Å². The molecule has 1 rings (SSSR count). The first-order valence-corrected chi connectivity index (χ1v) is 23.3. The van der Waals surface area contributed by atoms with E-state index >= 15 is 0 Å². The molecule has 1 aromatic heterocycles. The molecule has 0 saturated carbocycles. The molecule has 1 aromatic rings. The summed E-state index contributed by atoms with van der Waals surface area (Å²) < 4.78 is 2.57. The van der Waals surface area contributed by atoms with Gasteiger partial charge in [-0.1, -0.05) is 233 Å². The van der Waals surface area contributed by atoms with E-state index in [9.17, 15) is 0 Å². The van der Waals surface area contributed by atoms with Crippen LogP contribution in [0.2, 0.25) is 0 Å². The third kappa shape index (κ3) is 32.8. The molecule has 0 amide bonds. The lowest BCUT2D eigenvalue weighted by molar-refractivity contribution is -0.698. The molecule has 0 aliphatic carbocycles. The molecule has 0 fully saturated rings. The van der Waals surface area contributed by atoms with Crippen LogP contribution in [0.25, 0.3) is 0 Å². The number of hydrogen-bond donors (Lipinski definition) is 0. The lowest BCUT2D eigenvalue weighted by Gasteiger charge is -2.07. The van der Waals surface area contributed by atoms with Gasteiger partial charge in [0.15, 0.2) is 12.4 Å². The van der Waals surface area contributed by atoms with Gasteiger partial charge in [0, 0.05) is 17.5 Å². The van der Waals surface area contributed by atoms with Crippen molar-refractivity contribution in [2.75, 3.05) is 0 Å². The van der Waals surface area contributed by atoms with E-state index in [1.807, 2.05) is 0 Å². The van der Waals surface area contributed by atoms with Crippen LogP contribution < -0.4 is 4.57 Å². The molecule has 0 atom stereocenters. The predicted molar refractivity (Wildman–Crippen MR) is 222 cm³/mol. The van der Waals surface area contributed by atoms with Crippen LogP contribution in [0.1, 0.15) is 269 Å². The summed E-state index contributed by atoms with van der Waals surface area (Å²) in [5.41, 5.74) is 3.21. The number of unbranched alkanes of at least 4 members (excludes halogenated alkanes) is 34. The zero-order chi connectivity index (χ0) is 35.1. The smallest absolute Gasteiger partial charge is 0.171 e. The molecule has 0 aliphatic rings. The molecule has 0 N–H and O–H groups in total. The van der Waals surface area contributed by atoms with Crippen LogP contribution in [0.3, 0.4) is 0 Å². The summed E-state index contributed by atoms with van der Waals surface area (Å²) in [6, 6.07) is 2.57. The Balaban J connectivity index is 2.17. The highest BCUT2D eigenvalue weighted by molar-refractivity contribution is 5.15. The first-order valence-electron chi connectivity index (χ1n) is 23.3. The van der Waals surface area contributed by atoms with E-state index < -0.39 is 0 Å². The number of pyridine rings is 1. The van der Waals surface area contributed by atoms with Gasteiger partial charge in [-0.2, -0.15) is 0 Å². The van der Waals surface area contributed by atoms with Crippen LogP contribution in [-0.4, -0.2) is 0 Å². The second kappa shape index (κ2) is 38.4. The van der Waals surface area contributed by atoms with Crippen LogP contribution in [-0.2, 0) is 19.4 Å². The zero-order valence-electron chi connectivity index (χ0n) is 34.5. The van der Waals surface area contributed by atoms with Crippen molar-refractivity contribution in [3.8, 4) is 0 Å². The van der Waals surface area contributed by atoms with E-state index in [-0.39, 0.29) is 0 Å². The fourth-order valence-electron chi connectivity index (χ4n) is 7.83. The summed E-state index contributed by atoms with van der Waals surface area (Å²) >= 11 is 0. The summed E-state index contributed by atoms with van der Waals surface area (Å²) in [5, 5.41) is 0. The van der Waals surface area contributed by atoms with Crippen molar-refractivity contribution in [3.63, 3.8) is 0 Å². The number of aromatic nitrogens is 1. The molecule has 0 radical (unpaired) electrons. The van der Waals surface area contributed by atoms with Gasteiger partial charge >= 0.3 is 0 Å². The van der Waals surface area contributed by atoms with Crippen molar-refractivity contribution in [2.45, 2.75) is 278 Å². The van der Waals surface area contributed by atoms with Gasteiger partial charge in [-0.25, -0.2) is 4.57 Å². The highest BCUT2D eigenvalue weighted by Gasteiger charge is 2.09. The average molecular weight is 683 g/mol. The Morgan fingerprint density at radius 2 is 0.510 bits per heavy atom. The first-order chi connectivity index (χ1) is 24.3. The van der Waals surface area contributed by atoms with Crippen LogP contribution in [0, 0.1) is 0 Å². The SMILES string of the molecule is CCCCCCCCCCCCCCCCCCc1cc(CCCCCCCCCCCCCCCCCC)c[n+](CCCCCCC)c1. The fraction of sp³-hybridized carbons (Fsp3) is 0.896. The molecule has 1 nitrogen and oxygen atoms in total. The van der Waals surface area contributed by atoms with Crippen LogP contribution in [0.4, 0.5) is 0 Å². The molecule has 49 heavy (non-hydrogen) atoms. The van der Waals surface area contributed by atoms with Gasteiger partial charge in [0.1, 0.15) is 6.54 Å². The van der Waals surface area contributed by atoms with Crippen LogP contribution >= 0.6 is 0 Å². The van der Waals surface area contributed by atoms with Gasteiger partial charge < -0.3 is 0 Å². The largest absolute Gasteiger partial charge is 0.205 e. The van der Waals surface area contributed by atoms with Crippen molar-refractivity contribution in [2.24, 2.45) is 0 Å². The number of rotatable bonds is 40. The van der Waals surface area contributed by atoms with E-state index in [2.05, 4.69) is 43.8 Å². The van der Waals surface area contributed by atoms with Crippen LogP contribution in [0.5, 0.6) is 0 Å². The van der Waals surface area contributed by atoms with Gasteiger partial charge in [0.25, 0.3) is 0 Å². The molecule has 0 bridgehead atoms. The van der Waals surface area contributed by atoms with Gasteiger partial charge in [-0.3, -0.25) is 0 Å². The van der Waals surface area contributed by atoms with E-state index in [0.29, 0.717) is 0 Å². The summed E-state index contributed by atoms with van der Waals surface area (Å²) in [7, 11) is 0. The monoisotopic (exact) mass is 683 g/mol. The molecule has 0 spiro atoms. The maximum absolute atomic E-state index is 2.57. The molecule has 1 heteroatoms. The first kappa shape index (κ1) is 46.2. The lowest BCUT2D eigenvalue weighted by Crippen LogP contribution is -2.34. The molecule has 288 valence electrons. The standard InChI is InChI=1S/C48H92N/c1-4-7-10-13-15-17-19-21-23-25-27-29-31-33-35-38-41-47-44-48(46-49(45-47)43-40-37-12-9-6-3)42-39-36-34-32-30-28-26-24-22-20-18-16-14-11-8-5-2/h44-46H,4-43H2,1-3H3/q+1. The molecule has 0 aliphatic heterocycles. The van der Waals surface area contributed by atoms with Gasteiger partial charge in [-0.05, 0) is 38.2 Å². The summed E-state index contributed by atoms with van der Waals surface area (Å²) in [4.78, 5) is 0. The van der Waals surface area contributed by atoms with Crippen molar-refractivity contribution in [1.82, 2.24) is 0 Å². The minimum Gasteiger partial charge on any atom is -0.205 e. The minimum atomic E-state index is 1.21. The second-order valence-corrected chi connectivity index (χ2v) is 16.3. The average Bonchev–Trinajstić information content (AvgIpc) is 3.11. The summed E-state index contributed by atoms with van der Waals surface area (Å²) in [6.45, 7) is 8.16. The minimum absolute atomic E-state index is 1.21. The van der Waals surface area contributed by atoms with Gasteiger partial charge in [0.2, 0.25) is 0 Å². The highest BCUT2D eigenvalue weighted by Crippen LogP contribution is 2.17. The van der Waals surface area contributed by atoms with E-state index in [1.165, 1.54) is 257 Å². The Labute approximate surface area is 311 Å². The Kier molecular flexibility index (Phi) is 36.2. The topological polar surface area (TPSA) is 3.88 Å². The highest BCUT2D eigenvalue weighted by atomic mass is 14.9. The maximum Gasteiger partial charge on any atom is 0.171 e. The van der Waals surface area contributed by atoms with Crippen LogP contribution in [0.15, 0.2) is 18.5 Å². The molecule has 0 unspecified atom stereocenters. The lowest BCUT2D eigenvalue weighted by atomic mass is 10.0. The zero-order valence-corrected chi connectivity index (χ0v) is 34.5. The second-order valence-electron chi connectivity index (χ2n) is 16.3. The molecular formula is C48H92N+. The van der Waals surface area contributed by atoms with E-state index in [1.54, 1.807) is 11.1 Å². The molecule has 0 saturated heterocycles. The molecule has 1 heterocycles. The maximum atomic E-state index is 2.57. The quantitative estimate of drug-likeness (QED) is 0.0479. The molecular weight excluding hydrogens is 591 g/mol. The fourth-order valence-corrected chi connectivity index (χ4v) is 7.83. The number of nitrogens with zero attached hydrogens (tertiary/aromatic N) is 1.